The van der Waals surface area contributed by atoms with E-state index in [2.05, 4.69) is 82.8 Å². The van der Waals surface area contributed by atoms with Gasteiger partial charge in [0.15, 0.2) is 0 Å². The summed E-state index contributed by atoms with van der Waals surface area (Å²) >= 11 is 23.9. The minimum atomic E-state index is -4.06. The SMILES string of the molecule is [C-]#[N+]c1c(Br)c(C#N)c(Br)c(C(=Nc2ccc(N(CC)CCCO)cc2C)C(=O)Nc2cc(Cl)c(S(=O)(=O)N(CCCCCCCC)CCCCCCCC)cc2Cl)c1Br. The molecule has 16 heteroatoms. The molecule has 60 heavy (non-hydrogen) atoms. The number of aliphatic hydroxyl groups is 1. The fourth-order valence-electron chi connectivity index (χ4n) is 6.72. The van der Waals surface area contributed by atoms with Gasteiger partial charge in [0, 0.05) is 57.5 Å². The summed E-state index contributed by atoms with van der Waals surface area (Å²) in [6, 6.07) is 10.3. The number of nitrogens with zero attached hydrogens (tertiary/aromatic N) is 5. The number of unbranched alkanes of at least 4 members (excludes halogenated alkanes) is 10. The number of amides is 1. The first-order chi connectivity index (χ1) is 28.7. The number of carbonyl (C=O) groups is 1. The summed E-state index contributed by atoms with van der Waals surface area (Å²) in [5.74, 6) is -0.763. The van der Waals surface area contributed by atoms with Crippen molar-refractivity contribution in [1.82, 2.24) is 4.31 Å². The van der Waals surface area contributed by atoms with Gasteiger partial charge in [0.1, 0.15) is 16.7 Å². The van der Waals surface area contributed by atoms with Gasteiger partial charge in [-0.2, -0.15) is 9.57 Å². The first-order valence-electron chi connectivity index (χ1n) is 20.6. The number of rotatable bonds is 25. The number of aliphatic imine (C=N–C) groups is 1. The molecule has 0 saturated heterocycles. The van der Waals surface area contributed by atoms with E-state index in [1.165, 1.54) is 16.4 Å². The minimum absolute atomic E-state index is 0.0431. The van der Waals surface area contributed by atoms with E-state index in [0.29, 0.717) is 38.3 Å². The fourth-order valence-corrected chi connectivity index (χ4v) is 11.8. The molecular weight excluding hydrogens is 1020 g/mol. The number of nitrogens with one attached hydrogen (secondary N) is 1. The van der Waals surface area contributed by atoms with Crippen molar-refractivity contribution >= 4 is 115 Å². The molecule has 0 bridgehead atoms. The zero-order chi connectivity index (χ0) is 44.4. The van der Waals surface area contributed by atoms with Crippen molar-refractivity contribution < 1.29 is 18.3 Å². The summed E-state index contributed by atoms with van der Waals surface area (Å²) < 4.78 is 30.7. The average Bonchev–Trinajstić information content (AvgIpc) is 3.21. The molecule has 10 nitrogen and oxygen atoms in total. The van der Waals surface area contributed by atoms with Crippen molar-refractivity contribution in [1.29, 1.82) is 5.26 Å². The van der Waals surface area contributed by atoms with Gasteiger partial charge in [-0.1, -0.05) is 133 Å². The van der Waals surface area contributed by atoms with E-state index in [9.17, 15) is 23.6 Å². The predicted molar refractivity (Wildman–Crippen MR) is 258 cm³/mol. The molecule has 3 aromatic rings. The van der Waals surface area contributed by atoms with Crippen LogP contribution in [-0.4, -0.2) is 62.2 Å². The van der Waals surface area contributed by atoms with Crippen LogP contribution in [0.15, 0.2) is 53.6 Å². The van der Waals surface area contributed by atoms with Crippen molar-refractivity contribution in [3.8, 4) is 6.07 Å². The summed E-state index contributed by atoms with van der Waals surface area (Å²) in [6.45, 7) is 18.2. The second-order valence-electron chi connectivity index (χ2n) is 14.5. The van der Waals surface area contributed by atoms with Crippen LogP contribution in [0.4, 0.5) is 22.7 Å². The normalized spacial score (nSPS) is 11.8. The Morgan fingerprint density at radius 2 is 1.47 bits per heavy atom. The summed E-state index contributed by atoms with van der Waals surface area (Å²) in [7, 11) is -4.06. The topological polar surface area (TPSA) is 130 Å². The van der Waals surface area contributed by atoms with Gasteiger partial charge in [0.2, 0.25) is 15.7 Å². The highest BCUT2D eigenvalue weighted by molar-refractivity contribution is 9.11. The first kappa shape index (κ1) is 51.8. The molecule has 0 saturated carbocycles. The van der Waals surface area contributed by atoms with Crippen LogP contribution in [0.3, 0.4) is 0 Å². The Labute approximate surface area is 392 Å². The van der Waals surface area contributed by atoms with Gasteiger partial charge < -0.3 is 15.3 Å². The predicted octanol–water partition coefficient (Wildman–Crippen LogP) is 13.7. The van der Waals surface area contributed by atoms with Crippen LogP contribution in [0, 0.1) is 24.8 Å². The van der Waals surface area contributed by atoms with Crippen LogP contribution in [-0.2, 0) is 14.8 Å². The lowest BCUT2D eigenvalue weighted by Gasteiger charge is -2.24. The number of aryl methyl sites for hydroxylation is 1. The minimum Gasteiger partial charge on any atom is -0.396 e. The number of carbonyl (C=O) groups excluding carboxylic acids is 1. The van der Waals surface area contributed by atoms with Crippen molar-refractivity contribution in [3.63, 3.8) is 0 Å². The molecule has 326 valence electrons. The molecule has 0 atom stereocenters. The zero-order valence-electron chi connectivity index (χ0n) is 34.8. The largest absolute Gasteiger partial charge is 0.396 e. The summed E-state index contributed by atoms with van der Waals surface area (Å²) in [5.41, 5.74) is 2.24. The summed E-state index contributed by atoms with van der Waals surface area (Å²) in [4.78, 5) is 24.9. The maximum atomic E-state index is 14.5. The number of anilines is 2. The van der Waals surface area contributed by atoms with E-state index >= 15 is 0 Å². The number of sulfonamides is 1. The number of aliphatic hydroxyl groups excluding tert-OH is 1. The Hall–Kier alpha value is -2.53. The average molecular weight is 1070 g/mol. The van der Waals surface area contributed by atoms with Crippen LogP contribution < -0.4 is 10.2 Å². The molecule has 0 aliphatic heterocycles. The van der Waals surface area contributed by atoms with Gasteiger partial charge in [0.25, 0.3) is 5.91 Å². The van der Waals surface area contributed by atoms with E-state index in [4.69, 9.17) is 34.8 Å². The van der Waals surface area contributed by atoms with Gasteiger partial charge in [-0.3, -0.25) is 4.79 Å². The van der Waals surface area contributed by atoms with E-state index in [-0.39, 0.29) is 63.2 Å². The third-order valence-corrected chi connectivity index (χ3v) is 15.1. The summed E-state index contributed by atoms with van der Waals surface area (Å²) in [5, 5.41) is 22.1. The highest BCUT2D eigenvalue weighted by Gasteiger charge is 2.30. The number of benzene rings is 3. The lowest BCUT2D eigenvalue weighted by atomic mass is 10.0. The van der Waals surface area contributed by atoms with Gasteiger partial charge in [0.05, 0.1) is 33.6 Å². The quantitative estimate of drug-likeness (QED) is 0.0494. The smallest absolute Gasteiger partial charge is 0.274 e. The maximum Gasteiger partial charge on any atom is 0.274 e. The molecule has 3 aromatic carbocycles. The van der Waals surface area contributed by atoms with E-state index in [1.54, 1.807) is 6.07 Å². The number of hydrogen-bond donors (Lipinski definition) is 2. The Balaban J connectivity index is 2.10. The number of hydrogen-bond acceptors (Lipinski definition) is 7. The summed E-state index contributed by atoms with van der Waals surface area (Å²) in [6.07, 6.45) is 12.8. The first-order valence-corrected chi connectivity index (χ1v) is 25.1. The Morgan fingerprint density at radius 3 is 2.00 bits per heavy atom. The van der Waals surface area contributed by atoms with E-state index < -0.39 is 15.9 Å². The third kappa shape index (κ3) is 14.0. The monoisotopic (exact) mass is 1070 g/mol. The molecule has 0 fully saturated rings. The van der Waals surface area contributed by atoms with E-state index in [1.807, 2.05) is 26.0 Å². The van der Waals surface area contributed by atoms with Gasteiger partial charge in [-0.15, -0.1) is 0 Å². The van der Waals surface area contributed by atoms with Gasteiger partial charge in [-0.05, 0) is 84.9 Å². The standard InChI is InChI=1S/C44H55Br3Cl2N6O4S/c1-6-9-11-13-15-17-23-55(24-18-16-14-12-10-7-2)60(58,59)37-28-33(48)36(27-34(37)49)53-44(57)42(38-39(45)32(29-50)40(46)43(51-5)41(38)47)52-35-21-20-31(26-30(35)4)54(8-3)22-19-25-56/h20-21,26-28,56H,6-19,22-25H2,1-4H3,(H,53,57). The number of nitriles is 1. The molecule has 0 aliphatic rings. The van der Waals surface area contributed by atoms with Gasteiger partial charge in [-0.25, -0.2) is 18.3 Å². The highest BCUT2D eigenvalue weighted by atomic mass is 79.9. The molecule has 0 spiro atoms. The number of halogens is 5. The lowest BCUT2D eigenvalue weighted by molar-refractivity contribution is -0.110. The van der Waals surface area contributed by atoms with Crippen molar-refractivity contribution in [2.45, 2.75) is 116 Å². The molecule has 0 unspecified atom stereocenters. The van der Waals surface area contributed by atoms with Crippen LogP contribution in [0.2, 0.25) is 10.0 Å². The van der Waals surface area contributed by atoms with Crippen molar-refractivity contribution in [2.75, 3.05) is 43.0 Å². The highest BCUT2D eigenvalue weighted by Crippen LogP contribution is 2.45. The molecule has 0 heterocycles. The second kappa shape index (κ2) is 26.2. The molecular formula is C44H55Br3Cl2N6O4S. The van der Waals surface area contributed by atoms with Crippen molar-refractivity contribution in [2.24, 2.45) is 4.99 Å². The maximum absolute atomic E-state index is 14.5. The second-order valence-corrected chi connectivity index (χ2v) is 19.6. The van der Waals surface area contributed by atoms with Crippen LogP contribution in [0.1, 0.15) is 121 Å². The molecule has 1 amide bonds. The molecule has 0 radical (unpaired) electrons. The van der Waals surface area contributed by atoms with Crippen LogP contribution in [0.5, 0.6) is 0 Å². The Bertz CT molecular complexity index is 2120. The van der Waals surface area contributed by atoms with Crippen LogP contribution in [0.25, 0.3) is 4.85 Å². The molecule has 0 aliphatic carbocycles. The van der Waals surface area contributed by atoms with E-state index in [0.717, 1.165) is 88.3 Å². The van der Waals surface area contributed by atoms with Crippen molar-refractivity contribution in [3.05, 3.63) is 81.9 Å². The Kier molecular flexibility index (Phi) is 22.6. The molecule has 2 N–H and O–H groups in total. The Morgan fingerprint density at radius 1 is 0.867 bits per heavy atom. The van der Waals surface area contributed by atoms with Gasteiger partial charge >= 0.3 is 0 Å². The van der Waals surface area contributed by atoms with Crippen LogP contribution >= 0.6 is 71.0 Å². The third-order valence-electron chi connectivity index (χ3n) is 10.1. The molecule has 3 rings (SSSR count). The fraction of sp³-hybridized carbons (Fsp3) is 0.500. The lowest BCUT2D eigenvalue weighted by Crippen LogP contribution is -2.33. The molecule has 0 aromatic heterocycles. The zero-order valence-corrected chi connectivity index (χ0v) is 41.9.